The van der Waals surface area contributed by atoms with Gasteiger partial charge in [-0.25, -0.2) is 8.78 Å². The van der Waals surface area contributed by atoms with Crippen LogP contribution in [0.3, 0.4) is 0 Å². The standard InChI is InChI=1S/C21H34F2N2O3/c1-19(7-3-2-4-8-19)18(26)25-12-14-28-21(16-25)15-24(11-13-27-21)17-5-9-20(22,23)10-6-17/h17H,2-16H2,1H3. The topological polar surface area (TPSA) is 42.0 Å². The van der Waals surface area contributed by atoms with E-state index in [2.05, 4.69) is 11.8 Å². The number of halogens is 2. The Hall–Kier alpha value is -0.790. The Balaban J connectivity index is 1.40. The van der Waals surface area contributed by atoms with Crippen molar-refractivity contribution < 1.29 is 23.0 Å². The molecular weight excluding hydrogens is 366 g/mol. The number of amides is 1. The molecule has 7 heteroatoms. The van der Waals surface area contributed by atoms with Gasteiger partial charge in [0.2, 0.25) is 11.8 Å². The maximum absolute atomic E-state index is 13.5. The third kappa shape index (κ3) is 4.21. The molecule has 4 fully saturated rings. The predicted octanol–water partition coefficient (Wildman–Crippen LogP) is 3.42. The largest absolute Gasteiger partial charge is 0.346 e. The van der Waals surface area contributed by atoms with Gasteiger partial charge in [0.25, 0.3) is 0 Å². The van der Waals surface area contributed by atoms with Crippen molar-refractivity contribution in [3.63, 3.8) is 0 Å². The van der Waals surface area contributed by atoms with Gasteiger partial charge >= 0.3 is 0 Å². The molecule has 28 heavy (non-hydrogen) atoms. The van der Waals surface area contributed by atoms with Gasteiger partial charge < -0.3 is 14.4 Å². The third-order valence-electron chi connectivity index (χ3n) is 7.31. The van der Waals surface area contributed by atoms with Crippen molar-refractivity contribution >= 4 is 5.91 Å². The Morgan fingerprint density at radius 1 is 0.929 bits per heavy atom. The number of hydrogen-bond acceptors (Lipinski definition) is 4. The van der Waals surface area contributed by atoms with Crippen molar-refractivity contribution in [2.24, 2.45) is 5.41 Å². The first-order chi connectivity index (χ1) is 13.3. The van der Waals surface area contributed by atoms with Gasteiger partial charge in [-0.05, 0) is 25.7 Å². The van der Waals surface area contributed by atoms with E-state index < -0.39 is 11.7 Å². The average molecular weight is 401 g/mol. The Morgan fingerprint density at radius 2 is 1.57 bits per heavy atom. The second-order valence-electron chi connectivity index (χ2n) is 9.51. The molecule has 0 N–H and O–H groups in total. The maximum atomic E-state index is 13.5. The molecular formula is C21H34F2N2O3. The molecule has 1 spiro atoms. The molecule has 1 atom stereocenters. The van der Waals surface area contributed by atoms with Crippen LogP contribution >= 0.6 is 0 Å². The van der Waals surface area contributed by atoms with Crippen LogP contribution in [-0.2, 0) is 14.3 Å². The summed E-state index contributed by atoms with van der Waals surface area (Å²) in [5.41, 5.74) is -0.264. The van der Waals surface area contributed by atoms with Crippen LogP contribution in [0.1, 0.15) is 64.7 Å². The second-order valence-corrected chi connectivity index (χ2v) is 9.51. The first-order valence-corrected chi connectivity index (χ1v) is 11.0. The van der Waals surface area contributed by atoms with Gasteiger partial charge in [0.1, 0.15) is 0 Å². The molecule has 1 amide bonds. The van der Waals surface area contributed by atoms with E-state index in [0.29, 0.717) is 45.7 Å². The fourth-order valence-electron chi connectivity index (χ4n) is 5.53. The molecule has 4 rings (SSSR count). The molecule has 160 valence electrons. The van der Waals surface area contributed by atoms with Crippen LogP contribution in [0.2, 0.25) is 0 Å². The summed E-state index contributed by atoms with van der Waals surface area (Å²) < 4.78 is 39.2. The summed E-state index contributed by atoms with van der Waals surface area (Å²) in [5.74, 6) is -3.09. The molecule has 0 bridgehead atoms. The smallest absolute Gasteiger partial charge is 0.248 e. The number of hydrogen-bond donors (Lipinski definition) is 0. The van der Waals surface area contributed by atoms with E-state index in [4.69, 9.17) is 9.47 Å². The first-order valence-electron chi connectivity index (χ1n) is 11.0. The molecule has 5 nitrogen and oxygen atoms in total. The molecule has 2 saturated carbocycles. The van der Waals surface area contributed by atoms with E-state index >= 15 is 0 Å². The van der Waals surface area contributed by atoms with Gasteiger partial charge in [-0.3, -0.25) is 9.69 Å². The molecule has 0 aromatic heterocycles. The van der Waals surface area contributed by atoms with Crippen molar-refractivity contribution in [3.8, 4) is 0 Å². The number of morpholine rings is 2. The summed E-state index contributed by atoms with van der Waals surface area (Å²) in [6, 6.07) is 0.158. The molecule has 2 aliphatic heterocycles. The van der Waals surface area contributed by atoms with Crippen LogP contribution in [0.5, 0.6) is 0 Å². The molecule has 4 aliphatic rings. The summed E-state index contributed by atoms with van der Waals surface area (Å²) in [4.78, 5) is 17.5. The van der Waals surface area contributed by atoms with E-state index in [1.54, 1.807) is 0 Å². The number of carbonyl (C=O) groups is 1. The first kappa shape index (κ1) is 20.5. The number of rotatable bonds is 2. The monoisotopic (exact) mass is 400 g/mol. The van der Waals surface area contributed by atoms with Crippen molar-refractivity contribution in [2.45, 2.75) is 82.5 Å². The number of alkyl halides is 2. The van der Waals surface area contributed by atoms with Crippen molar-refractivity contribution in [3.05, 3.63) is 0 Å². The van der Waals surface area contributed by atoms with E-state index in [1.165, 1.54) is 6.42 Å². The molecule has 2 aliphatic carbocycles. The Kier molecular flexibility index (Phi) is 5.71. The van der Waals surface area contributed by atoms with Gasteiger partial charge in [-0.15, -0.1) is 0 Å². The quantitative estimate of drug-likeness (QED) is 0.712. The summed E-state index contributed by atoms with van der Waals surface area (Å²) in [6.45, 7) is 5.45. The Bertz CT molecular complexity index is 568. The predicted molar refractivity (Wildman–Crippen MR) is 101 cm³/mol. The minimum Gasteiger partial charge on any atom is -0.346 e. The lowest BCUT2D eigenvalue weighted by Crippen LogP contribution is -2.65. The third-order valence-corrected chi connectivity index (χ3v) is 7.31. The summed E-state index contributed by atoms with van der Waals surface area (Å²) >= 11 is 0. The fraction of sp³-hybridized carbons (Fsp3) is 0.952. The van der Waals surface area contributed by atoms with E-state index in [-0.39, 0.29) is 30.2 Å². The van der Waals surface area contributed by atoms with Gasteiger partial charge in [0.05, 0.1) is 26.3 Å². The van der Waals surface area contributed by atoms with Crippen LogP contribution in [0, 0.1) is 5.41 Å². The lowest BCUT2D eigenvalue weighted by atomic mass is 9.74. The normalized spacial score (nSPS) is 34.5. The summed E-state index contributed by atoms with van der Waals surface area (Å²) in [7, 11) is 0. The number of nitrogens with zero attached hydrogens (tertiary/aromatic N) is 2. The zero-order valence-electron chi connectivity index (χ0n) is 17.1. The van der Waals surface area contributed by atoms with Gasteiger partial charge in [0, 0.05) is 37.4 Å². The SMILES string of the molecule is CC1(C(=O)N2CCOC3(C2)CN(C2CCC(F)(F)CC2)CCO3)CCCCC1. The van der Waals surface area contributed by atoms with Crippen molar-refractivity contribution in [1.29, 1.82) is 0 Å². The van der Waals surface area contributed by atoms with E-state index in [0.717, 1.165) is 32.2 Å². The fourth-order valence-corrected chi connectivity index (χ4v) is 5.53. The minimum absolute atomic E-state index is 0.0359. The molecule has 1 unspecified atom stereocenters. The highest BCUT2D eigenvalue weighted by atomic mass is 19.3. The molecule has 0 aromatic carbocycles. The maximum Gasteiger partial charge on any atom is 0.248 e. The highest BCUT2D eigenvalue weighted by Crippen LogP contribution is 2.40. The van der Waals surface area contributed by atoms with Gasteiger partial charge in [-0.1, -0.05) is 26.2 Å². The zero-order chi connectivity index (χ0) is 19.8. The Labute approximate surface area is 166 Å². The van der Waals surface area contributed by atoms with Crippen LogP contribution in [0.4, 0.5) is 8.78 Å². The molecule has 2 heterocycles. The van der Waals surface area contributed by atoms with Crippen LogP contribution in [-0.4, -0.2) is 72.9 Å². The van der Waals surface area contributed by atoms with Crippen LogP contribution < -0.4 is 0 Å². The lowest BCUT2D eigenvalue weighted by Gasteiger charge is -2.51. The zero-order valence-corrected chi connectivity index (χ0v) is 17.1. The van der Waals surface area contributed by atoms with Gasteiger partial charge in [0.15, 0.2) is 5.79 Å². The molecule has 0 aromatic rings. The second kappa shape index (κ2) is 7.80. The molecule has 2 saturated heterocycles. The molecule has 0 radical (unpaired) electrons. The van der Waals surface area contributed by atoms with Crippen LogP contribution in [0.15, 0.2) is 0 Å². The lowest BCUT2D eigenvalue weighted by molar-refractivity contribution is -0.294. The van der Waals surface area contributed by atoms with Crippen LogP contribution in [0.25, 0.3) is 0 Å². The highest BCUT2D eigenvalue weighted by molar-refractivity contribution is 5.82. The number of ether oxygens (including phenoxy) is 2. The summed E-state index contributed by atoms with van der Waals surface area (Å²) in [6.07, 6.45) is 6.33. The van der Waals surface area contributed by atoms with Gasteiger partial charge in [-0.2, -0.15) is 0 Å². The van der Waals surface area contributed by atoms with E-state index in [9.17, 15) is 13.6 Å². The van der Waals surface area contributed by atoms with Crippen molar-refractivity contribution in [2.75, 3.05) is 39.4 Å². The van der Waals surface area contributed by atoms with Crippen molar-refractivity contribution in [1.82, 2.24) is 9.80 Å². The highest BCUT2D eigenvalue weighted by Gasteiger charge is 2.48. The summed E-state index contributed by atoms with van der Waals surface area (Å²) in [5, 5.41) is 0. The Morgan fingerprint density at radius 3 is 2.25 bits per heavy atom. The minimum atomic E-state index is -2.51. The van der Waals surface area contributed by atoms with E-state index in [1.807, 2.05) is 4.90 Å². The number of carbonyl (C=O) groups excluding carboxylic acids is 1. The average Bonchev–Trinajstić information content (AvgIpc) is 2.68.